The highest BCUT2D eigenvalue weighted by molar-refractivity contribution is 5.26. The minimum absolute atomic E-state index is 0.107. The summed E-state index contributed by atoms with van der Waals surface area (Å²) in [6, 6.07) is 0. The average molecular weight is 415 g/mol. The van der Waals surface area contributed by atoms with E-state index in [1.54, 1.807) is 5.57 Å². The van der Waals surface area contributed by atoms with Gasteiger partial charge in [-0.2, -0.15) is 0 Å². The Balaban J connectivity index is 1.28. The van der Waals surface area contributed by atoms with Crippen LogP contribution in [-0.4, -0.2) is 29.7 Å². The predicted molar refractivity (Wildman–Crippen MR) is 118 cm³/mol. The van der Waals surface area contributed by atoms with Gasteiger partial charge in [-0.3, -0.25) is 0 Å². The number of allylic oxidation sites excluding steroid dienone is 1. The van der Waals surface area contributed by atoms with Gasteiger partial charge in [0.25, 0.3) is 0 Å². The van der Waals surface area contributed by atoms with E-state index < -0.39 is 0 Å². The van der Waals surface area contributed by atoms with Gasteiger partial charge in [-0.05, 0) is 91.8 Å². The molecule has 11 atom stereocenters. The van der Waals surface area contributed by atoms with Crippen molar-refractivity contribution in [1.29, 1.82) is 0 Å². The van der Waals surface area contributed by atoms with Crippen LogP contribution in [0.15, 0.2) is 11.6 Å². The van der Waals surface area contributed by atoms with Crippen molar-refractivity contribution in [2.75, 3.05) is 6.61 Å². The van der Waals surface area contributed by atoms with Crippen molar-refractivity contribution in [1.82, 2.24) is 0 Å². The van der Waals surface area contributed by atoms with Gasteiger partial charge >= 0.3 is 0 Å². The minimum Gasteiger partial charge on any atom is -0.393 e. The van der Waals surface area contributed by atoms with Gasteiger partial charge in [-0.15, -0.1) is 0 Å². The third-order valence-corrected chi connectivity index (χ3v) is 11.3. The highest BCUT2D eigenvalue weighted by Gasteiger charge is 2.68. The SMILES string of the molecule is CC1C2C(CC3C4CC=C5CC(O)CC[C@]5(C)C4CC[C@@]32C)O[C@]12CC[C@@H](C)CO2. The molecule has 6 aliphatic rings. The molecule has 7 unspecified atom stereocenters. The fourth-order valence-corrected chi connectivity index (χ4v) is 9.66. The molecule has 3 heteroatoms. The number of fused-ring (bicyclic) bond motifs is 7. The molecule has 168 valence electrons. The number of ether oxygens (including phenoxy) is 2. The molecule has 2 saturated heterocycles. The summed E-state index contributed by atoms with van der Waals surface area (Å²) < 4.78 is 13.3. The van der Waals surface area contributed by atoms with E-state index in [1.165, 1.54) is 38.5 Å². The van der Waals surface area contributed by atoms with Gasteiger partial charge in [0.2, 0.25) is 0 Å². The summed E-state index contributed by atoms with van der Waals surface area (Å²) in [6.07, 6.45) is 13.5. The molecule has 6 rings (SSSR count). The normalized spacial score (nSPS) is 59.8. The summed E-state index contributed by atoms with van der Waals surface area (Å²) in [5.74, 6) is 3.94. The summed E-state index contributed by atoms with van der Waals surface area (Å²) in [7, 11) is 0. The molecular formula is C27H42O3. The fourth-order valence-electron chi connectivity index (χ4n) is 9.66. The second-order valence-corrected chi connectivity index (χ2v) is 12.7. The number of hydrogen-bond donors (Lipinski definition) is 1. The third-order valence-electron chi connectivity index (χ3n) is 11.3. The molecule has 1 N–H and O–H groups in total. The van der Waals surface area contributed by atoms with Crippen molar-refractivity contribution in [3.63, 3.8) is 0 Å². The predicted octanol–water partition coefficient (Wildman–Crippen LogP) is 5.71. The molecule has 3 saturated carbocycles. The molecule has 0 aromatic rings. The molecule has 0 amide bonds. The Labute approximate surface area is 183 Å². The Hall–Kier alpha value is -0.380. The van der Waals surface area contributed by atoms with Gasteiger partial charge in [0.1, 0.15) is 0 Å². The monoisotopic (exact) mass is 414 g/mol. The smallest absolute Gasteiger partial charge is 0.171 e. The van der Waals surface area contributed by atoms with Gasteiger partial charge in [-0.25, -0.2) is 0 Å². The van der Waals surface area contributed by atoms with Crippen LogP contribution in [0.5, 0.6) is 0 Å². The van der Waals surface area contributed by atoms with E-state index in [4.69, 9.17) is 9.47 Å². The Morgan fingerprint density at radius 2 is 1.87 bits per heavy atom. The largest absolute Gasteiger partial charge is 0.393 e. The Morgan fingerprint density at radius 3 is 2.63 bits per heavy atom. The maximum absolute atomic E-state index is 10.3. The summed E-state index contributed by atoms with van der Waals surface area (Å²) in [6.45, 7) is 10.8. The zero-order valence-corrected chi connectivity index (χ0v) is 19.5. The quantitative estimate of drug-likeness (QED) is 0.516. The molecule has 2 aliphatic heterocycles. The first kappa shape index (κ1) is 20.2. The van der Waals surface area contributed by atoms with Crippen LogP contribution in [0.1, 0.15) is 85.5 Å². The maximum atomic E-state index is 10.3. The van der Waals surface area contributed by atoms with Crippen molar-refractivity contribution in [2.45, 2.75) is 103 Å². The van der Waals surface area contributed by atoms with Crippen LogP contribution in [0.3, 0.4) is 0 Å². The number of aliphatic hydroxyl groups is 1. The van der Waals surface area contributed by atoms with E-state index in [9.17, 15) is 5.11 Å². The summed E-state index contributed by atoms with van der Waals surface area (Å²) >= 11 is 0. The van der Waals surface area contributed by atoms with E-state index >= 15 is 0 Å². The van der Waals surface area contributed by atoms with E-state index in [1.807, 2.05) is 0 Å². The third kappa shape index (κ3) is 2.55. The second kappa shape index (κ2) is 6.58. The Bertz CT molecular complexity index is 736. The van der Waals surface area contributed by atoms with Crippen LogP contribution < -0.4 is 0 Å². The standard InChI is InChI=1S/C27H42O3/c1-16-7-12-27(29-15-16)17(2)24-23(30-27)14-22-20-6-5-18-13-19(28)8-10-25(18,3)21(20)9-11-26(22,24)4/h5,16-17,19-24,28H,6-15H2,1-4H3/t16-,17?,19?,20?,21?,22?,23?,24?,25+,26+,27-/m1/s1. The molecule has 5 fully saturated rings. The zero-order chi connectivity index (χ0) is 20.9. The number of hydrogen-bond acceptors (Lipinski definition) is 3. The van der Waals surface area contributed by atoms with Gasteiger partial charge in [0.15, 0.2) is 5.79 Å². The van der Waals surface area contributed by atoms with Crippen LogP contribution in [0.25, 0.3) is 0 Å². The maximum Gasteiger partial charge on any atom is 0.171 e. The molecule has 0 radical (unpaired) electrons. The molecule has 4 aliphatic carbocycles. The zero-order valence-electron chi connectivity index (χ0n) is 19.5. The highest BCUT2D eigenvalue weighted by Crippen LogP contribution is 2.70. The Kier molecular flexibility index (Phi) is 4.44. The van der Waals surface area contributed by atoms with Crippen molar-refractivity contribution in [3.05, 3.63) is 11.6 Å². The minimum atomic E-state index is -0.294. The number of aliphatic hydroxyl groups excluding tert-OH is 1. The summed E-state index contributed by atoms with van der Waals surface area (Å²) in [5.41, 5.74) is 2.31. The molecule has 0 aromatic heterocycles. The van der Waals surface area contributed by atoms with Crippen LogP contribution in [0, 0.1) is 46.3 Å². The lowest BCUT2D eigenvalue weighted by Gasteiger charge is -2.58. The van der Waals surface area contributed by atoms with Crippen molar-refractivity contribution in [2.24, 2.45) is 46.3 Å². The number of rotatable bonds is 0. The van der Waals surface area contributed by atoms with E-state index in [0.717, 1.165) is 43.6 Å². The lowest BCUT2D eigenvalue weighted by Crippen LogP contribution is -2.52. The Morgan fingerprint density at radius 1 is 1.03 bits per heavy atom. The molecule has 3 nitrogen and oxygen atoms in total. The molecule has 2 heterocycles. The molecule has 30 heavy (non-hydrogen) atoms. The summed E-state index contributed by atoms with van der Waals surface area (Å²) in [5, 5.41) is 10.3. The highest BCUT2D eigenvalue weighted by atomic mass is 16.7. The van der Waals surface area contributed by atoms with Gasteiger partial charge in [-0.1, -0.05) is 39.3 Å². The van der Waals surface area contributed by atoms with Gasteiger partial charge < -0.3 is 14.6 Å². The molecule has 1 spiro atoms. The molecular weight excluding hydrogens is 372 g/mol. The van der Waals surface area contributed by atoms with Gasteiger partial charge in [0.05, 0.1) is 18.8 Å². The lowest BCUT2D eigenvalue weighted by molar-refractivity contribution is -0.272. The van der Waals surface area contributed by atoms with Crippen LogP contribution in [0.2, 0.25) is 0 Å². The topological polar surface area (TPSA) is 38.7 Å². The summed E-state index contributed by atoms with van der Waals surface area (Å²) in [4.78, 5) is 0. The van der Waals surface area contributed by atoms with Gasteiger partial charge in [0, 0.05) is 12.3 Å². The van der Waals surface area contributed by atoms with Crippen molar-refractivity contribution >= 4 is 0 Å². The molecule has 0 bridgehead atoms. The first-order valence-electron chi connectivity index (χ1n) is 13.0. The first-order chi connectivity index (χ1) is 14.3. The second-order valence-electron chi connectivity index (χ2n) is 12.7. The van der Waals surface area contributed by atoms with Crippen molar-refractivity contribution in [3.8, 4) is 0 Å². The first-order valence-corrected chi connectivity index (χ1v) is 13.0. The lowest BCUT2D eigenvalue weighted by atomic mass is 9.47. The van der Waals surface area contributed by atoms with E-state index in [-0.39, 0.29) is 11.9 Å². The van der Waals surface area contributed by atoms with Crippen LogP contribution in [0.4, 0.5) is 0 Å². The van der Waals surface area contributed by atoms with E-state index in [2.05, 4.69) is 33.8 Å². The fraction of sp³-hybridized carbons (Fsp3) is 0.926. The average Bonchev–Trinajstić information content (AvgIpc) is 3.16. The van der Waals surface area contributed by atoms with Crippen LogP contribution >= 0.6 is 0 Å². The van der Waals surface area contributed by atoms with E-state index in [0.29, 0.717) is 34.7 Å². The van der Waals surface area contributed by atoms with Crippen molar-refractivity contribution < 1.29 is 14.6 Å². The molecule has 0 aromatic carbocycles. The van der Waals surface area contributed by atoms with Crippen LogP contribution in [-0.2, 0) is 9.47 Å².